The van der Waals surface area contributed by atoms with E-state index in [1.165, 1.54) is 11.3 Å². The first-order valence-corrected chi connectivity index (χ1v) is 7.72. The summed E-state index contributed by atoms with van der Waals surface area (Å²) in [6.07, 6.45) is 0.873. The van der Waals surface area contributed by atoms with Crippen LogP contribution in [0.3, 0.4) is 0 Å². The van der Waals surface area contributed by atoms with E-state index in [-0.39, 0.29) is 5.91 Å². The SMILES string of the molecule is CC(C)Cc1nnc(NC(=O)c2ccc(CCl)cc2)s1. The molecule has 0 bridgehead atoms. The Morgan fingerprint density at radius 2 is 2.00 bits per heavy atom. The van der Waals surface area contributed by atoms with Crippen LogP contribution in [0, 0.1) is 5.92 Å². The molecular weight excluding hydrogens is 294 g/mol. The molecule has 0 spiro atoms. The summed E-state index contributed by atoms with van der Waals surface area (Å²) in [6, 6.07) is 7.19. The third kappa shape index (κ3) is 4.02. The monoisotopic (exact) mass is 309 g/mol. The highest BCUT2D eigenvalue weighted by Crippen LogP contribution is 2.19. The van der Waals surface area contributed by atoms with Crippen molar-refractivity contribution >= 4 is 34.0 Å². The minimum absolute atomic E-state index is 0.182. The average molecular weight is 310 g/mol. The number of halogens is 1. The summed E-state index contributed by atoms with van der Waals surface area (Å²) < 4.78 is 0. The quantitative estimate of drug-likeness (QED) is 0.856. The summed E-state index contributed by atoms with van der Waals surface area (Å²) in [4.78, 5) is 12.0. The van der Waals surface area contributed by atoms with E-state index in [1.54, 1.807) is 12.1 Å². The molecule has 0 fully saturated rings. The summed E-state index contributed by atoms with van der Waals surface area (Å²) >= 11 is 7.13. The van der Waals surface area contributed by atoms with Gasteiger partial charge in [0.1, 0.15) is 5.01 Å². The molecule has 6 heteroatoms. The second kappa shape index (κ2) is 6.81. The molecule has 1 amide bonds. The topological polar surface area (TPSA) is 54.9 Å². The minimum Gasteiger partial charge on any atom is -0.296 e. The molecule has 0 unspecified atom stereocenters. The molecule has 1 aromatic heterocycles. The molecule has 1 aromatic carbocycles. The number of hydrogen-bond acceptors (Lipinski definition) is 4. The number of anilines is 1. The van der Waals surface area contributed by atoms with Crippen molar-refractivity contribution in [2.24, 2.45) is 5.92 Å². The van der Waals surface area contributed by atoms with Crippen LogP contribution in [0.5, 0.6) is 0 Å². The summed E-state index contributed by atoms with van der Waals surface area (Å²) in [7, 11) is 0. The maximum Gasteiger partial charge on any atom is 0.257 e. The van der Waals surface area contributed by atoms with Crippen LogP contribution in [-0.4, -0.2) is 16.1 Å². The van der Waals surface area contributed by atoms with E-state index in [1.807, 2.05) is 12.1 Å². The van der Waals surface area contributed by atoms with Gasteiger partial charge in [0.25, 0.3) is 5.91 Å². The van der Waals surface area contributed by atoms with Gasteiger partial charge in [0.2, 0.25) is 5.13 Å². The lowest BCUT2D eigenvalue weighted by atomic mass is 10.1. The van der Waals surface area contributed by atoms with Gasteiger partial charge in [-0.25, -0.2) is 0 Å². The standard InChI is InChI=1S/C14H16ClN3OS/c1-9(2)7-12-17-18-14(20-12)16-13(19)11-5-3-10(8-15)4-6-11/h3-6,9H,7-8H2,1-2H3,(H,16,18,19). The fourth-order valence-corrected chi connectivity index (χ4v) is 2.78. The van der Waals surface area contributed by atoms with Crippen molar-refractivity contribution in [3.63, 3.8) is 0 Å². The lowest BCUT2D eigenvalue weighted by Crippen LogP contribution is -2.11. The van der Waals surface area contributed by atoms with Crippen LogP contribution < -0.4 is 5.32 Å². The fourth-order valence-electron chi connectivity index (χ4n) is 1.65. The first kappa shape index (κ1) is 14.9. The zero-order valence-corrected chi connectivity index (χ0v) is 13.0. The van der Waals surface area contributed by atoms with E-state index in [9.17, 15) is 4.79 Å². The Morgan fingerprint density at radius 3 is 2.60 bits per heavy atom. The number of nitrogens with zero attached hydrogens (tertiary/aromatic N) is 2. The highest BCUT2D eigenvalue weighted by molar-refractivity contribution is 7.15. The Morgan fingerprint density at radius 1 is 1.30 bits per heavy atom. The van der Waals surface area contributed by atoms with E-state index in [0.717, 1.165) is 17.0 Å². The number of aromatic nitrogens is 2. The van der Waals surface area contributed by atoms with Crippen LogP contribution in [0.4, 0.5) is 5.13 Å². The lowest BCUT2D eigenvalue weighted by molar-refractivity contribution is 0.102. The van der Waals surface area contributed by atoms with Gasteiger partial charge < -0.3 is 0 Å². The maximum absolute atomic E-state index is 12.0. The van der Waals surface area contributed by atoms with Crippen molar-refractivity contribution in [2.75, 3.05) is 5.32 Å². The molecule has 106 valence electrons. The molecule has 0 aliphatic heterocycles. The molecule has 20 heavy (non-hydrogen) atoms. The van der Waals surface area contributed by atoms with E-state index >= 15 is 0 Å². The van der Waals surface area contributed by atoms with Gasteiger partial charge in [-0.2, -0.15) is 0 Å². The van der Waals surface area contributed by atoms with Crippen molar-refractivity contribution in [3.8, 4) is 0 Å². The van der Waals surface area contributed by atoms with Gasteiger partial charge in [0, 0.05) is 17.9 Å². The van der Waals surface area contributed by atoms with Crippen molar-refractivity contribution < 1.29 is 4.79 Å². The van der Waals surface area contributed by atoms with Crippen molar-refractivity contribution in [2.45, 2.75) is 26.1 Å². The highest BCUT2D eigenvalue weighted by atomic mass is 35.5. The molecule has 4 nitrogen and oxygen atoms in total. The lowest BCUT2D eigenvalue weighted by Gasteiger charge is -2.02. The first-order valence-electron chi connectivity index (χ1n) is 6.37. The van der Waals surface area contributed by atoms with Gasteiger partial charge in [-0.1, -0.05) is 37.3 Å². The molecule has 0 radical (unpaired) electrons. The Hall–Kier alpha value is -1.46. The predicted molar refractivity (Wildman–Crippen MR) is 82.4 cm³/mol. The largest absolute Gasteiger partial charge is 0.296 e. The first-order chi connectivity index (χ1) is 9.58. The summed E-state index contributed by atoms with van der Waals surface area (Å²) in [5, 5.41) is 12.3. The van der Waals surface area contributed by atoms with Gasteiger partial charge in [-0.05, 0) is 23.6 Å². The average Bonchev–Trinajstić information content (AvgIpc) is 2.85. The fraction of sp³-hybridized carbons (Fsp3) is 0.357. The van der Waals surface area contributed by atoms with Crippen LogP contribution in [0.2, 0.25) is 0 Å². The number of rotatable bonds is 5. The van der Waals surface area contributed by atoms with E-state index in [4.69, 9.17) is 11.6 Å². The zero-order valence-electron chi connectivity index (χ0n) is 11.4. The van der Waals surface area contributed by atoms with Gasteiger partial charge in [0.15, 0.2) is 0 Å². The number of hydrogen-bond donors (Lipinski definition) is 1. The Labute approximate surface area is 127 Å². The van der Waals surface area contributed by atoms with Crippen LogP contribution in [-0.2, 0) is 12.3 Å². The second-order valence-electron chi connectivity index (χ2n) is 4.88. The van der Waals surface area contributed by atoms with Crippen molar-refractivity contribution in [3.05, 3.63) is 40.4 Å². The zero-order chi connectivity index (χ0) is 14.5. The normalized spacial score (nSPS) is 10.8. The van der Waals surface area contributed by atoms with Crippen LogP contribution in [0.1, 0.15) is 34.8 Å². The number of amides is 1. The van der Waals surface area contributed by atoms with E-state index in [2.05, 4.69) is 29.4 Å². The molecule has 0 aliphatic carbocycles. The van der Waals surface area contributed by atoms with Crippen LogP contribution >= 0.6 is 22.9 Å². The van der Waals surface area contributed by atoms with Gasteiger partial charge in [0.05, 0.1) is 0 Å². The number of alkyl halides is 1. The molecule has 2 rings (SSSR count). The maximum atomic E-state index is 12.0. The number of nitrogens with one attached hydrogen (secondary N) is 1. The molecule has 1 heterocycles. The second-order valence-corrected chi connectivity index (χ2v) is 6.21. The highest BCUT2D eigenvalue weighted by Gasteiger charge is 2.11. The van der Waals surface area contributed by atoms with Crippen LogP contribution in [0.25, 0.3) is 0 Å². The Bertz CT molecular complexity index is 580. The van der Waals surface area contributed by atoms with Gasteiger partial charge in [-0.15, -0.1) is 21.8 Å². The van der Waals surface area contributed by atoms with Gasteiger partial charge >= 0.3 is 0 Å². The third-order valence-electron chi connectivity index (χ3n) is 2.64. The number of benzene rings is 1. The Kier molecular flexibility index (Phi) is 5.09. The van der Waals surface area contributed by atoms with E-state index in [0.29, 0.717) is 22.5 Å². The number of carbonyl (C=O) groups is 1. The van der Waals surface area contributed by atoms with Crippen LogP contribution in [0.15, 0.2) is 24.3 Å². The molecule has 0 saturated heterocycles. The Balaban J connectivity index is 2.01. The van der Waals surface area contributed by atoms with Crippen molar-refractivity contribution in [1.29, 1.82) is 0 Å². The molecule has 1 N–H and O–H groups in total. The van der Waals surface area contributed by atoms with Gasteiger partial charge in [-0.3, -0.25) is 10.1 Å². The summed E-state index contributed by atoms with van der Waals surface area (Å²) in [6.45, 7) is 4.25. The molecule has 0 aliphatic rings. The molecular formula is C14H16ClN3OS. The smallest absolute Gasteiger partial charge is 0.257 e. The molecule has 0 atom stereocenters. The third-order valence-corrected chi connectivity index (χ3v) is 3.81. The van der Waals surface area contributed by atoms with Crippen molar-refractivity contribution in [1.82, 2.24) is 10.2 Å². The number of carbonyl (C=O) groups excluding carboxylic acids is 1. The summed E-state index contributed by atoms with van der Waals surface area (Å²) in [5.41, 5.74) is 1.57. The molecule has 0 saturated carbocycles. The van der Waals surface area contributed by atoms with E-state index < -0.39 is 0 Å². The summed E-state index contributed by atoms with van der Waals surface area (Å²) in [5.74, 6) is 0.782. The predicted octanol–water partition coefficient (Wildman–Crippen LogP) is 3.73. The minimum atomic E-state index is -0.182. The molecule has 2 aromatic rings.